The Morgan fingerprint density at radius 1 is 0.861 bits per heavy atom. The lowest BCUT2D eigenvalue weighted by Gasteiger charge is -2.36. The fourth-order valence-corrected chi connectivity index (χ4v) is 6.30. The molecule has 0 spiro atoms. The number of ether oxygens (including phenoxy) is 1. The number of carbonyl (C=O) groups is 1. The standard InChI is InChI=1S/C28H29N3O4S/c1-35-24-13-11-23(12-14-24)29-15-17-30(18-16-29)28(32)20-31-19-27(25-9-5-6-10-26(25)31)36(33,34)21-22-7-3-2-4-8-22/h2-14,19H,15-18,20-21H2,1H3. The number of nitrogens with zero attached hydrogens (tertiary/aromatic N) is 3. The monoisotopic (exact) mass is 503 g/mol. The smallest absolute Gasteiger partial charge is 0.242 e. The van der Waals surface area contributed by atoms with E-state index in [2.05, 4.69) is 4.90 Å². The zero-order valence-electron chi connectivity index (χ0n) is 20.2. The van der Waals surface area contributed by atoms with Crippen LogP contribution in [0.5, 0.6) is 5.75 Å². The fourth-order valence-electron chi connectivity index (χ4n) is 4.72. The highest BCUT2D eigenvalue weighted by Crippen LogP contribution is 2.28. The number of sulfone groups is 1. The Morgan fingerprint density at radius 3 is 2.22 bits per heavy atom. The molecule has 1 aliphatic heterocycles. The summed E-state index contributed by atoms with van der Waals surface area (Å²) < 4.78 is 33.6. The first-order valence-electron chi connectivity index (χ1n) is 12.0. The summed E-state index contributed by atoms with van der Waals surface area (Å²) in [6, 6.07) is 24.5. The van der Waals surface area contributed by atoms with Gasteiger partial charge < -0.3 is 19.1 Å². The Hall–Kier alpha value is -3.78. The molecule has 1 saturated heterocycles. The molecule has 0 N–H and O–H groups in total. The van der Waals surface area contributed by atoms with E-state index in [-0.39, 0.29) is 23.1 Å². The summed E-state index contributed by atoms with van der Waals surface area (Å²) in [6.45, 7) is 2.80. The third kappa shape index (κ3) is 4.95. The molecular formula is C28H29N3O4S. The van der Waals surface area contributed by atoms with Crippen molar-refractivity contribution in [3.8, 4) is 5.75 Å². The van der Waals surface area contributed by atoms with Crippen LogP contribution in [0.15, 0.2) is 90.0 Å². The summed E-state index contributed by atoms with van der Waals surface area (Å²) in [5.41, 5.74) is 2.59. The van der Waals surface area contributed by atoms with Crippen LogP contribution in [0.4, 0.5) is 5.69 Å². The Morgan fingerprint density at radius 2 is 1.53 bits per heavy atom. The van der Waals surface area contributed by atoms with Gasteiger partial charge in [0.05, 0.1) is 17.8 Å². The van der Waals surface area contributed by atoms with E-state index in [0.717, 1.165) is 35.6 Å². The molecule has 0 bridgehead atoms. The van der Waals surface area contributed by atoms with Crippen LogP contribution in [-0.2, 0) is 26.9 Å². The lowest BCUT2D eigenvalue weighted by molar-refractivity contribution is -0.132. The summed E-state index contributed by atoms with van der Waals surface area (Å²) in [6.07, 6.45) is 1.62. The van der Waals surface area contributed by atoms with E-state index in [1.54, 1.807) is 17.9 Å². The number of methoxy groups -OCH3 is 1. The largest absolute Gasteiger partial charge is 0.497 e. The van der Waals surface area contributed by atoms with Gasteiger partial charge in [0, 0.05) is 49.0 Å². The quantitative estimate of drug-likeness (QED) is 0.382. The molecule has 0 atom stereocenters. The van der Waals surface area contributed by atoms with E-state index >= 15 is 0 Å². The van der Waals surface area contributed by atoms with Crippen molar-refractivity contribution in [2.75, 3.05) is 38.2 Å². The minimum absolute atomic E-state index is 0.0165. The third-order valence-corrected chi connectivity index (χ3v) is 8.37. The topological polar surface area (TPSA) is 71.8 Å². The Labute approximate surface area is 211 Å². The van der Waals surface area contributed by atoms with Gasteiger partial charge in [-0.05, 0) is 35.9 Å². The minimum atomic E-state index is -3.58. The van der Waals surface area contributed by atoms with Crippen LogP contribution >= 0.6 is 0 Å². The number of piperazine rings is 1. The zero-order chi connectivity index (χ0) is 25.1. The van der Waals surface area contributed by atoms with Crippen LogP contribution in [0.1, 0.15) is 5.56 Å². The number of rotatable bonds is 7. The lowest BCUT2D eigenvalue weighted by atomic mass is 10.2. The molecule has 8 heteroatoms. The van der Waals surface area contributed by atoms with Crippen LogP contribution in [0, 0.1) is 0 Å². The average Bonchev–Trinajstić information content (AvgIpc) is 3.28. The fraction of sp³-hybridized carbons (Fsp3) is 0.250. The first-order valence-corrected chi connectivity index (χ1v) is 13.6. The molecule has 3 aromatic carbocycles. The van der Waals surface area contributed by atoms with Crippen LogP contribution in [-0.4, -0.2) is 57.1 Å². The number of carbonyl (C=O) groups excluding carboxylic acids is 1. The van der Waals surface area contributed by atoms with Gasteiger partial charge >= 0.3 is 0 Å². The second kappa shape index (κ2) is 10.1. The molecule has 0 unspecified atom stereocenters. The number of hydrogen-bond acceptors (Lipinski definition) is 5. The maximum atomic E-state index is 13.3. The number of anilines is 1. The lowest BCUT2D eigenvalue weighted by Crippen LogP contribution is -2.49. The number of hydrogen-bond donors (Lipinski definition) is 0. The van der Waals surface area contributed by atoms with Crippen molar-refractivity contribution in [1.29, 1.82) is 0 Å². The number of benzene rings is 3. The van der Waals surface area contributed by atoms with Gasteiger partial charge in [-0.3, -0.25) is 4.79 Å². The summed E-state index contributed by atoms with van der Waals surface area (Å²) in [7, 11) is -1.94. The summed E-state index contributed by atoms with van der Waals surface area (Å²) in [5.74, 6) is 0.720. The molecule has 1 aromatic heterocycles. The number of fused-ring (bicyclic) bond motifs is 1. The number of para-hydroxylation sites is 1. The highest BCUT2D eigenvalue weighted by atomic mass is 32.2. The maximum absolute atomic E-state index is 13.3. The Kier molecular flexibility index (Phi) is 6.69. The molecule has 2 heterocycles. The van der Waals surface area contributed by atoms with E-state index in [1.165, 1.54) is 0 Å². The van der Waals surface area contributed by atoms with Crippen molar-refractivity contribution in [3.05, 3.63) is 90.6 Å². The predicted octanol–water partition coefficient (Wildman–Crippen LogP) is 3.97. The van der Waals surface area contributed by atoms with Crippen molar-refractivity contribution >= 4 is 32.3 Å². The maximum Gasteiger partial charge on any atom is 0.242 e. The predicted molar refractivity (Wildman–Crippen MR) is 141 cm³/mol. The Bertz CT molecular complexity index is 1460. The van der Waals surface area contributed by atoms with Crippen molar-refractivity contribution in [2.24, 2.45) is 0 Å². The van der Waals surface area contributed by atoms with E-state index < -0.39 is 9.84 Å². The van der Waals surface area contributed by atoms with E-state index in [0.29, 0.717) is 18.5 Å². The molecule has 7 nitrogen and oxygen atoms in total. The summed E-state index contributed by atoms with van der Waals surface area (Å²) in [4.78, 5) is 17.6. The molecule has 186 valence electrons. The minimum Gasteiger partial charge on any atom is -0.497 e. The molecule has 4 aromatic rings. The van der Waals surface area contributed by atoms with Gasteiger partial charge in [-0.15, -0.1) is 0 Å². The SMILES string of the molecule is COc1ccc(N2CCN(C(=O)Cn3cc(S(=O)(=O)Cc4ccccc4)c4ccccc43)CC2)cc1. The second-order valence-corrected chi connectivity index (χ2v) is 10.9. The normalized spacial score (nSPS) is 14.2. The number of aromatic nitrogens is 1. The van der Waals surface area contributed by atoms with Crippen molar-refractivity contribution in [3.63, 3.8) is 0 Å². The molecule has 1 aliphatic rings. The molecule has 1 fully saturated rings. The Balaban J connectivity index is 1.31. The van der Waals surface area contributed by atoms with Crippen molar-refractivity contribution < 1.29 is 17.9 Å². The first-order chi connectivity index (χ1) is 17.4. The van der Waals surface area contributed by atoms with Crippen molar-refractivity contribution in [1.82, 2.24) is 9.47 Å². The highest BCUT2D eigenvalue weighted by molar-refractivity contribution is 7.90. The summed E-state index contributed by atoms with van der Waals surface area (Å²) >= 11 is 0. The van der Waals surface area contributed by atoms with Crippen LogP contribution < -0.4 is 9.64 Å². The van der Waals surface area contributed by atoms with Gasteiger partial charge in [0.1, 0.15) is 12.3 Å². The van der Waals surface area contributed by atoms with Gasteiger partial charge in [-0.25, -0.2) is 8.42 Å². The molecular weight excluding hydrogens is 474 g/mol. The van der Waals surface area contributed by atoms with E-state index in [1.807, 2.05) is 83.8 Å². The van der Waals surface area contributed by atoms with Gasteiger partial charge in [-0.1, -0.05) is 48.5 Å². The second-order valence-electron chi connectivity index (χ2n) is 8.95. The average molecular weight is 504 g/mol. The molecule has 0 saturated carbocycles. The first kappa shape index (κ1) is 23.9. The van der Waals surface area contributed by atoms with Crippen LogP contribution in [0.25, 0.3) is 10.9 Å². The van der Waals surface area contributed by atoms with E-state index in [4.69, 9.17) is 4.74 Å². The molecule has 36 heavy (non-hydrogen) atoms. The highest BCUT2D eigenvalue weighted by Gasteiger charge is 2.25. The summed E-state index contributed by atoms with van der Waals surface area (Å²) in [5, 5.41) is 0.644. The third-order valence-electron chi connectivity index (χ3n) is 6.66. The molecule has 0 aliphatic carbocycles. The van der Waals surface area contributed by atoms with Crippen LogP contribution in [0.3, 0.4) is 0 Å². The zero-order valence-corrected chi connectivity index (χ0v) is 21.0. The van der Waals surface area contributed by atoms with Crippen LogP contribution in [0.2, 0.25) is 0 Å². The van der Waals surface area contributed by atoms with Crippen molar-refractivity contribution in [2.45, 2.75) is 17.2 Å². The molecule has 5 rings (SSSR count). The number of amides is 1. The molecule has 1 amide bonds. The van der Waals surface area contributed by atoms with Gasteiger partial charge in [0.25, 0.3) is 0 Å². The van der Waals surface area contributed by atoms with Gasteiger partial charge in [0.2, 0.25) is 5.91 Å². The molecule has 0 radical (unpaired) electrons. The van der Waals surface area contributed by atoms with Gasteiger partial charge in [-0.2, -0.15) is 0 Å². The van der Waals surface area contributed by atoms with Gasteiger partial charge in [0.15, 0.2) is 9.84 Å². The van der Waals surface area contributed by atoms with E-state index in [9.17, 15) is 13.2 Å².